The number of imide groups is 1. The zero-order valence-electron chi connectivity index (χ0n) is 25.1. The third-order valence-electron chi connectivity index (χ3n) is 6.56. The van der Waals surface area contributed by atoms with E-state index < -0.39 is 53.0 Å². The van der Waals surface area contributed by atoms with Crippen LogP contribution in [-0.2, 0) is 9.47 Å². The van der Waals surface area contributed by atoms with Crippen molar-refractivity contribution in [1.29, 1.82) is 0 Å². The molecule has 1 fully saturated rings. The lowest BCUT2D eigenvalue weighted by atomic mass is 10.0. The van der Waals surface area contributed by atoms with Gasteiger partial charge in [-0.15, -0.1) is 10.2 Å². The summed E-state index contributed by atoms with van der Waals surface area (Å²) >= 11 is 0. The lowest BCUT2D eigenvalue weighted by Crippen LogP contribution is -2.55. The molecule has 0 N–H and O–H groups in total. The van der Waals surface area contributed by atoms with Crippen molar-refractivity contribution in [2.45, 2.75) is 59.1 Å². The fraction of sp³-hybridized carbons (Fsp3) is 0.433. The van der Waals surface area contributed by atoms with Gasteiger partial charge in [-0.25, -0.2) is 27.6 Å². The molecule has 44 heavy (non-hydrogen) atoms. The number of rotatable bonds is 6. The highest BCUT2D eigenvalue weighted by atomic mass is 19.1. The molecule has 14 heteroatoms. The number of carbonyl (C=O) groups excluding carboxylic acids is 3. The molecule has 236 valence electrons. The molecule has 4 rings (SSSR count). The number of anilines is 2. The first-order chi connectivity index (χ1) is 20.7. The first-order valence-electron chi connectivity index (χ1n) is 14.0. The maximum Gasteiger partial charge on any atom is 0.423 e. The monoisotopic (exact) mass is 617 g/mol. The van der Waals surface area contributed by atoms with Gasteiger partial charge >= 0.3 is 18.2 Å². The van der Waals surface area contributed by atoms with Gasteiger partial charge in [0.1, 0.15) is 17.2 Å². The smallest absolute Gasteiger partial charge is 0.423 e. The molecule has 4 amide bonds. The van der Waals surface area contributed by atoms with Crippen LogP contribution in [0.2, 0.25) is 0 Å². The van der Waals surface area contributed by atoms with Gasteiger partial charge in [0, 0.05) is 30.9 Å². The summed E-state index contributed by atoms with van der Waals surface area (Å²) in [6, 6.07) is 4.73. The van der Waals surface area contributed by atoms with Crippen LogP contribution in [0.5, 0.6) is 0 Å². The number of piperidine rings is 1. The van der Waals surface area contributed by atoms with Gasteiger partial charge in [-0.2, -0.15) is 4.90 Å². The fourth-order valence-electron chi connectivity index (χ4n) is 4.60. The first-order valence-corrected chi connectivity index (χ1v) is 14.0. The summed E-state index contributed by atoms with van der Waals surface area (Å²) in [7, 11) is 0. The van der Waals surface area contributed by atoms with Gasteiger partial charge in [-0.05, 0) is 63.8 Å². The minimum atomic E-state index is -1.26. The van der Waals surface area contributed by atoms with Gasteiger partial charge in [0.15, 0.2) is 5.82 Å². The van der Waals surface area contributed by atoms with Gasteiger partial charge in [-0.3, -0.25) is 4.90 Å². The Labute approximate surface area is 252 Å². The van der Waals surface area contributed by atoms with E-state index in [1.165, 1.54) is 23.1 Å². The second-order valence-corrected chi connectivity index (χ2v) is 11.7. The molecular weight excluding hydrogens is 583 g/mol. The third kappa shape index (κ3) is 7.66. The number of hydrogen-bond acceptors (Lipinski definition) is 8. The highest BCUT2D eigenvalue weighted by Gasteiger charge is 2.39. The van der Waals surface area contributed by atoms with Crippen LogP contribution in [0.4, 0.5) is 38.9 Å². The van der Waals surface area contributed by atoms with Crippen molar-refractivity contribution in [3.05, 3.63) is 60.2 Å². The normalized spacial score (nSPS) is 14.0. The highest BCUT2D eigenvalue weighted by molar-refractivity contribution is 6.18. The van der Waals surface area contributed by atoms with Crippen molar-refractivity contribution in [3.8, 4) is 11.5 Å². The van der Waals surface area contributed by atoms with E-state index in [0.29, 0.717) is 11.0 Å². The van der Waals surface area contributed by atoms with Gasteiger partial charge < -0.3 is 18.8 Å². The molecule has 2 heterocycles. The zero-order valence-corrected chi connectivity index (χ0v) is 25.1. The van der Waals surface area contributed by atoms with Crippen molar-refractivity contribution < 1.29 is 41.4 Å². The number of carbonyl (C=O) groups is 3. The van der Waals surface area contributed by atoms with Crippen LogP contribution in [-0.4, -0.2) is 64.7 Å². The first kappa shape index (κ1) is 32.3. The van der Waals surface area contributed by atoms with Gasteiger partial charge in [0.25, 0.3) is 0 Å². The number of urea groups is 1. The summed E-state index contributed by atoms with van der Waals surface area (Å²) in [5.41, 5.74) is -2.07. The van der Waals surface area contributed by atoms with Crippen LogP contribution < -0.4 is 9.80 Å². The SMILES string of the molecule is CC(C)COC(=O)N1CCC(N(C(=O)N(C(=O)OC(C)(C)C)c2cc(-c3nnco3)c(F)cc2F)c2cccc(F)c2)CC1. The second-order valence-electron chi connectivity index (χ2n) is 11.7. The molecule has 0 saturated carbocycles. The Morgan fingerprint density at radius 3 is 2.36 bits per heavy atom. The van der Waals surface area contributed by atoms with Gasteiger partial charge in [-0.1, -0.05) is 19.9 Å². The second kappa shape index (κ2) is 13.3. The van der Waals surface area contributed by atoms with Crippen molar-refractivity contribution in [2.24, 2.45) is 5.92 Å². The lowest BCUT2D eigenvalue weighted by molar-refractivity contribution is 0.0592. The molecule has 0 atom stereocenters. The molecule has 0 aliphatic carbocycles. The van der Waals surface area contributed by atoms with Crippen LogP contribution >= 0.6 is 0 Å². The quantitative estimate of drug-likeness (QED) is 0.297. The van der Waals surface area contributed by atoms with Crippen LogP contribution in [0.3, 0.4) is 0 Å². The molecule has 0 radical (unpaired) electrons. The molecule has 1 saturated heterocycles. The molecule has 0 spiro atoms. The average Bonchev–Trinajstić information content (AvgIpc) is 3.47. The van der Waals surface area contributed by atoms with E-state index in [4.69, 9.17) is 13.9 Å². The Bertz CT molecular complexity index is 1490. The van der Waals surface area contributed by atoms with E-state index >= 15 is 4.39 Å². The highest BCUT2D eigenvalue weighted by Crippen LogP contribution is 2.34. The molecule has 3 aromatic rings. The molecule has 0 bridgehead atoms. The van der Waals surface area contributed by atoms with Crippen LogP contribution in [0.1, 0.15) is 47.5 Å². The maximum absolute atomic E-state index is 15.5. The maximum atomic E-state index is 15.5. The topological polar surface area (TPSA) is 118 Å². The van der Waals surface area contributed by atoms with Crippen molar-refractivity contribution >= 4 is 29.6 Å². The third-order valence-corrected chi connectivity index (χ3v) is 6.56. The van der Waals surface area contributed by atoms with Crippen molar-refractivity contribution in [2.75, 3.05) is 29.5 Å². The molecule has 1 aliphatic rings. The Hall–Kier alpha value is -4.62. The standard InChI is InChI=1S/C30H34F3N5O6/c1-18(2)16-42-28(40)36-11-9-20(10-12-36)37(21-8-6-7-19(31)13-21)27(39)38(29(41)44-30(3,4)5)25-14-22(23(32)15-24(25)33)26-35-34-17-43-26/h6-8,13-15,17-18,20H,9-12,16H2,1-5H3. The number of halogens is 3. The summed E-state index contributed by atoms with van der Waals surface area (Å²) in [4.78, 5) is 43.6. The number of benzene rings is 2. The lowest BCUT2D eigenvalue weighted by Gasteiger charge is -2.40. The molecule has 1 aliphatic heterocycles. The number of ether oxygens (including phenoxy) is 2. The van der Waals surface area contributed by atoms with Gasteiger partial charge in [0.2, 0.25) is 12.3 Å². The number of aromatic nitrogens is 2. The summed E-state index contributed by atoms with van der Waals surface area (Å²) in [6.07, 6.45) is -0.384. The van der Waals surface area contributed by atoms with E-state index in [-0.39, 0.29) is 55.6 Å². The van der Waals surface area contributed by atoms with E-state index in [0.717, 1.165) is 23.4 Å². The van der Waals surface area contributed by atoms with E-state index in [1.807, 2.05) is 13.8 Å². The van der Waals surface area contributed by atoms with E-state index in [2.05, 4.69) is 10.2 Å². The molecule has 11 nitrogen and oxygen atoms in total. The zero-order chi connectivity index (χ0) is 32.2. The minimum Gasteiger partial charge on any atom is -0.449 e. The minimum absolute atomic E-state index is 0.0732. The molecule has 2 aromatic carbocycles. The summed E-state index contributed by atoms with van der Waals surface area (Å²) in [6.45, 7) is 9.11. The molecule has 1 aromatic heterocycles. The summed E-state index contributed by atoms with van der Waals surface area (Å²) < 4.78 is 60.6. The Balaban J connectivity index is 1.76. The molecule has 0 unspecified atom stereocenters. The Morgan fingerprint density at radius 1 is 1.07 bits per heavy atom. The van der Waals surface area contributed by atoms with E-state index in [9.17, 15) is 23.2 Å². The van der Waals surface area contributed by atoms with E-state index in [1.54, 1.807) is 20.8 Å². The fourth-order valence-corrected chi connectivity index (χ4v) is 4.60. The average molecular weight is 618 g/mol. The van der Waals surface area contributed by atoms with Crippen molar-refractivity contribution in [1.82, 2.24) is 15.1 Å². The predicted molar refractivity (Wildman–Crippen MR) is 153 cm³/mol. The number of likely N-dealkylation sites (tertiary alicyclic amines) is 1. The largest absolute Gasteiger partial charge is 0.449 e. The molecular formula is C30H34F3N5O6. The summed E-state index contributed by atoms with van der Waals surface area (Å²) in [5, 5.41) is 7.14. The van der Waals surface area contributed by atoms with Crippen LogP contribution in [0, 0.1) is 23.4 Å². The number of nitrogens with zero attached hydrogens (tertiary/aromatic N) is 5. The number of hydrogen-bond donors (Lipinski definition) is 0. The summed E-state index contributed by atoms with van der Waals surface area (Å²) in [5.74, 6) is -3.18. The Morgan fingerprint density at radius 2 is 1.77 bits per heavy atom. The Kier molecular flexibility index (Phi) is 9.80. The van der Waals surface area contributed by atoms with Crippen LogP contribution in [0.15, 0.2) is 47.2 Å². The van der Waals surface area contributed by atoms with Crippen molar-refractivity contribution in [3.63, 3.8) is 0 Å². The number of amides is 4. The predicted octanol–water partition coefficient (Wildman–Crippen LogP) is 6.78. The van der Waals surface area contributed by atoms with Crippen LogP contribution in [0.25, 0.3) is 11.5 Å². The van der Waals surface area contributed by atoms with Gasteiger partial charge in [0.05, 0.1) is 17.9 Å².